The summed E-state index contributed by atoms with van der Waals surface area (Å²) < 4.78 is 36.6. The van der Waals surface area contributed by atoms with E-state index in [2.05, 4.69) is 25.3 Å². The van der Waals surface area contributed by atoms with E-state index in [1.165, 1.54) is 12.1 Å². The molecule has 1 aromatic heterocycles. The molecule has 0 spiro atoms. The minimum Gasteiger partial charge on any atom is -0.489 e. The normalized spacial score (nSPS) is 15.8. The number of nitrogens with one attached hydrogen (secondary N) is 1. The first kappa shape index (κ1) is 19.1. The highest BCUT2D eigenvalue weighted by Crippen LogP contribution is 2.17. The molecule has 0 unspecified atom stereocenters. The molecule has 0 aliphatic carbocycles. The van der Waals surface area contributed by atoms with Crippen LogP contribution in [-0.4, -0.2) is 67.3 Å². The van der Waals surface area contributed by atoms with Gasteiger partial charge in [0.2, 0.25) is 0 Å². The lowest BCUT2D eigenvalue weighted by Gasteiger charge is -2.36. The van der Waals surface area contributed by atoms with Crippen LogP contribution in [0, 0.1) is 11.6 Å². The van der Waals surface area contributed by atoms with Crippen LogP contribution in [0.3, 0.4) is 0 Å². The lowest BCUT2D eigenvalue weighted by atomic mass is 10.3. The Morgan fingerprint density at radius 1 is 1.26 bits per heavy atom. The maximum absolute atomic E-state index is 13.5. The average Bonchev–Trinajstić information content (AvgIpc) is 3.17. The van der Waals surface area contributed by atoms with Crippen LogP contribution in [0.25, 0.3) is 0 Å². The summed E-state index contributed by atoms with van der Waals surface area (Å²) in [6.07, 6.45) is 1.58. The second-order valence-electron chi connectivity index (χ2n) is 6.15. The van der Waals surface area contributed by atoms with Gasteiger partial charge in [0.25, 0.3) is 0 Å². The first-order valence-corrected chi connectivity index (χ1v) is 8.81. The van der Waals surface area contributed by atoms with Crippen molar-refractivity contribution in [3.8, 4) is 5.75 Å². The Labute approximate surface area is 156 Å². The summed E-state index contributed by atoms with van der Waals surface area (Å²) in [4.78, 5) is 8.76. The van der Waals surface area contributed by atoms with E-state index in [1.807, 2.05) is 6.07 Å². The van der Waals surface area contributed by atoms with Crippen LogP contribution in [0.2, 0.25) is 0 Å². The molecule has 2 heterocycles. The minimum atomic E-state index is -0.706. The van der Waals surface area contributed by atoms with E-state index in [0.717, 1.165) is 50.4 Å². The molecule has 27 heavy (non-hydrogen) atoms. The lowest BCUT2D eigenvalue weighted by Crippen LogP contribution is -2.52. The third kappa shape index (κ3) is 5.40. The van der Waals surface area contributed by atoms with Crippen molar-refractivity contribution in [3.63, 3.8) is 0 Å². The highest BCUT2D eigenvalue weighted by molar-refractivity contribution is 5.80. The van der Waals surface area contributed by atoms with Crippen LogP contribution >= 0.6 is 0 Å². The summed E-state index contributed by atoms with van der Waals surface area (Å²) in [5.41, 5.74) is 0.927. The molecule has 0 radical (unpaired) electrons. The molecule has 0 atom stereocenters. The average molecular weight is 379 g/mol. The molecule has 1 aliphatic rings. The Hall–Kier alpha value is -2.68. The van der Waals surface area contributed by atoms with Crippen molar-refractivity contribution in [2.24, 2.45) is 4.99 Å². The summed E-state index contributed by atoms with van der Waals surface area (Å²) in [5.74, 6) is -0.516. The second kappa shape index (κ2) is 9.31. The van der Waals surface area contributed by atoms with Crippen molar-refractivity contribution >= 4 is 5.96 Å². The van der Waals surface area contributed by atoms with Crippen molar-refractivity contribution in [2.45, 2.75) is 6.54 Å². The predicted octanol–water partition coefficient (Wildman–Crippen LogP) is 1.72. The topological polar surface area (TPSA) is 66.1 Å². The number of guanidine groups is 1. The number of piperazine rings is 1. The van der Waals surface area contributed by atoms with E-state index in [9.17, 15) is 8.78 Å². The monoisotopic (exact) mass is 379 g/mol. The third-order valence-electron chi connectivity index (χ3n) is 4.30. The first-order valence-electron chi connectivity index (χ1n) is 8.81. The number of ether oxygens (including phenoxy) is 1. The van der Waals surface area contributed by atoms with E-state index < -0.39 is 11.6 Å². The number of hydrogen-bond acceptors (Lipinski definition) is 5. The van der Waals surface area contributed by atoms with Gasteiger partial charge in [-0.25, -0.2) is 8.78 Å². The Morgan fingerprint density at radius 3 is 2.74 bits per heavy atom. The molecule has 1 aromatic carbocycles. The number of halogens is 2. The molecular weight excluding hydrogens is 356 g/mol. The van der Waals surface area contributed by atoms with Crippen LogP contribution in [-0.2, 0) is 6.54 Å². The fourth-order valence-electron chi connectivity index (χ4n) is 2.91. The fourth-order valence-corrected chi connectivity index (χ4v) is 2.91. The highest BCUT2D eigenvalue weighted by atomic mass is 19.1. The molecule has 1 saturated heterocycles. The molecule has 1 fully saturated rings. The molecule has 7 nitrogen and oxygen atoms in total. The third-order valence-corrected chi connectivity index (χ3v) is 4.30. The van der Waals surface area contributed by atoms with Gasteiger partial charge in [0.05, 0.1) is 12.2 Å². The summed E-state index contributed by atoms with van der Waals surface area (Å²) >= 11 is 0. The Morgan fingerprint density at radius 2 is 2.07 bits per heavy atom. The van der Waals surface area contributed by atoms with Gasteiger partial charge in [-0.2, -0.15) is 0 Å². The summed E-state index contributed by atoms with van der Waals surface area (Å²) in [5, 5.41) is 7.15. The molecule has 9 heteroatoms. The maximum atomic E-state index is 13.5. The molecule has 146 valence electrons. The predicted molar refractivity (Wildman–Crippen MR) is 96.6 cm³/mol. The molecule has 2 aromatic rings. The fraction of sp³-hybridized carbons (Fsp3) is 0.444. The molecule has 0 amide bonds. The van der Waals surface area contributed by atoms with E-state index in [4.69, 9.17) is 9.26 Å². The number of aromatic nitrogens is 1. The summed E-state index contributed by atoms with van der Waals surface area (Å²) in [6.45, 7) is 4.94. The van der Waals surface area contributed by atoms with Gasteiger partial charge in [0, 0.05) is 51.9 Å². The van der Waals surface area contributed by atoms with Gasteiger partial charge in [-0.05, 0) is 12.1 Å². The smallest absolute Gasteiger partial charge is 0.193 e. The molecule has 1 aliphatic heterocycles. The molecule has 0 bridgehead atoms. The van der Waals surface area contributed by atoms with Crippen LogP contribution < -0.4 is 10.1 Å². The van der Waals surface area contributed by atoms with Gasteiger partial charge in [0.15, 0.2) is 17.5 Å². The second-order valence-corrected chi connectivity index (χ2v) is 6.15. The van der Waals surface area contributed by atoms with E-state index in [1.54, 1.807) is 13.3 Å². The van der Waals surface area contributed by atoms with Crippen molar-refractivity contribution in [3.05, 3.63) is 47.9 Å². The number of rotatable bonds is 6. The standard InChI is InChI=1S/C18H23F2N5O2/c1-21-18(22-5-11-26-17-3-2-14(19)12-16(17)20)25-8-6-24(7-9-25)13-15-4-10-27-23-15/h2-4,10,12H,5-9,11,13H2,1H3,(H,21,22). The van der Waals surface area contributed by atoms with Crippen molar-refractivity contribution in [1.29, 1.82) is 0 Å². The Balaban J connectivity index is 1.39. The van der Waals surface area contributed by atoms with Crippen LogP contribution in [0.4, 0.5) is 8.78 Å². The minimum absolute atomic E-state index is 0.0367. The van der Waals surface area contributed by atoms with Crippen LogP contribution in [0.5, 0.6) is 5.75 Å². The van der Waals surface area contributed by atoms with Crippen molar-refractivity contribution < 1.29 is 18.0 Å². The maximum Gasteiger partial charge on any atom is 0.193 e. The number of benzene rings is 1. The van der Waals surface area contributed by atoms with E-state index in [-0.39, 0.29) is 12.4 Å². The summed E-state index contributed by atoms with van der Waals surface area (Å²) in [7, 11) is 1.73. The van der Waals surface area contributed by atoms with E-state index in [0.29, 0.717) is 6.54 Å². The number of nitrogens with zero attached hydrogens (tertiary/aromatic N) is 4. The first-order chi connectivity index (χ1) is 13.2. The van der Waals surface area contributed by atoms with Crippen LogP contribution in [0.1, 0.15) is 5.69 Å². The quantitative estimate of drug-likeness (QED) is 0.468. The van der Waals surface area contributed by atoms with E-state index >= 15 is 0 Å². The van der Waals surface area contributed by atoms with Gasteiger partial charge in [-0.3, -0.25) is 9.89 Å². The number of hydrogen-bond donors (Lipinski definition) is 1. The van der Waals surface area contributed by atoms with Crippen molar-refractivity contribution in [1.82, 2.24) is 20.3 Å². The lowest BCUT2D eigenvalue weighted by molar-refractivity contribution is 0.168. The summed E-state index contributed by atoms with van der Waals surface area (Å²) in [6, 6.07) is 5.13. The zero-order chi connectivity index (χ0) is 19.1. The number of aliphatic imine (C=N–C) groups is 1. The Kier molecular flexibility index (Phi) is 6.59. The van der Waals surface area contributed by atoms with Gasteiger partial charge in [0.1, 0.15) is 18.7 Å². The zero-order valence-corrected chi connectivity index (χ0v) is 15.2. The molecular formula is C18H23F2N5O2. The molecule has 0 saturated carbocycles. The van der Waals surface area contributed by atoms with Gasteiger partial charge in [-0.15, -0.1) is 0 Å². The van der Waals surface area contributed by atoms with Gasteiger partial charge < -0.3 is 19.5 Å². The zero-order valence-electron chi connectivity index (χ0n) is 15.2. The largest absolute Gasteiger partial charge is 0.489 e. The van der Waals surface area contributed by atoms with Crippen LogP contribution in [0.15, 0.2) is 40.0 Å². The highest BCUT2D eigenvalue weighted by Gasteiger charge is 2.20. The van der Waals surface area contributed by atoms with Gasteiger partial charge >= 0.3 is 0 Å². The molecule has 3 rings (SSSR count). The van der Waals surface area contributed by atoms with Crippen molar-refractivity contribution in [2.75, 3.05) is 46.4 Å². The molecule has 1 N–H and O–H groups in total. The SMILES string of the molecule is CN=C(NCCOc1ccc(F)cc1F)N1CCN(Cc2ccon2)CC1. The van der Waals surface area contributed by atoms with Gasteiger partial charge in [-0.1, -0.05) is 5.16 Å². The Bertz CT molecular complexity index is 746.